The number of amides is 1. The highest BCUT2D eigenvalue weighted by Gasteiger charge is 2.25. The number of carbonyl (C=O) groups excluding carboxylic acids is 1. The topological polar surface area (TPSA) is 71.7 Å². The molecule has 8 heteroatoms. The highest BCUT2D eigenvalue weighted by Crippen LogP contribution is 2.31. The Morgan fingerprint density at radius 3 is 2.78 bits per heavy atom. The van der Waals surface area contributed by atoms with Gasteiger partial charge in [0.05, 0.1) is 29.6 Å². The van der Waals surface area contributed by atoms with Crippen molar-refractivity contribution in [3.63, 3.8) is 0 Å². The van der Waals surface area contributed by atoms with Crippen LogP contribution in [0.25, 0.3) is 10.2 Å². The third-order valence-corrected chi connectivity index (χ3v) is 5.90. The van der Waals surface area contributed by atoms with Gasteiger partial charge in [0.15, 0.2) is 5.13 Å². The first-order valence-corrected chi connectivity index (χ1v) is 9.84. The van der Waals surface area contributed by atoms with Gasteiger partial charge in [-0.25, -0.2) is 4.98 Å². The molecule has 7 nitrogen and oxygen atoms in total. The molecule has 2 aromatic heterocycles. The summed E-state index contributed by atoms with van der Waals surface area (Å²) in [5.74, 6) is 0.0110. The SMILES string of the molecule is Cc1cc2nc(N(CCN3CCOCC3)C(=O)c3ccno3)sc2cc1C. The van der Waals surface area contributed by atoms with Crippen LogP contribution in [0.2, 0.25) is 0 Å². The average Bonchev–Trinajstić information content (AvgIpc) is 3.33. The second kappa shape index (κ2) is 7.75. The molecule has 1 fully saturated rings. The van der Waals surface area contributed by atoms with Crippen molar-refractivity contribution in [2.45, 2.75) is 13.8 Å². The van der Waals surface area contributed by atoms with Crippen LogP contribution in [-0.2, 0) is 4.74 Å². The highest BCUT2D eigenvalue weighted by molar-refractivity contribution is 7.22. The lowest BCUT2D eigenvalue weighted by atomic mass is 10.1. The fraction of sp³-hybridized carbons (Fsp3) is 0.421. The smallest absolute Gasteiger partial charge is 0.298 e. The van der Waals surface area contributed by atoms with Crippen LogP contribution in [0.4, 0.5) is 5.13 Å². The molecular weight excluding hydrogens is 364 g/mol. The van der Waals surface area contributed by atoms with E-state index in [1.54, 1.807) is 11.0 Å². The largest absolute Gasteiger partial charge is 0.379 e. The molecule has 0 atom stereocenters. The van der Waals surface area contributed by atoms with Gasteiger partial charge in [-0.1, -0.05) is 16.5 Å². The summed E-state index contributed by atoms with van der Waals surface area (Å²) in [7, 11) is 0. The maximum absolute atomic E-state index is 13.0. The molecule has 3 aromatic rings. The van der Waals surface area contributed by atoms with Crippen LogP contribution in [-0.4, -0.2) is 60.3 Å². The molecule has 0 unspecified atom stereocenters. The molecule has 0 bridgehead atoms. The zero-order chi connectivity index (χ0) is 18.8. The van der Waals surface area contributed by atoms with Gasteiger partial charge in [0.25, 0.3) is 5.91 Å². The summed E-state index contributed by atoms with van der Waals surface area (Å²) >= 11 is 1.53. The first-order valence-electron chi connectivity index (χ1n) is 9.02. The van der Waals surface area contributed by atoms with Crippen LogP contribution in [0.15, 0.2) is 28.9 Å². The van der Waals surface area contributed by atoms with Crippen molar-refractivity contribution >= 4 is 32.6 Å². The van der Waals surface area contributed by atoms with Crippen molar-refractivity contribution in [3.8, 4) is 0 Å². The maximum Gasteiger partial charge on any atom is 0.298 e. The molecule has 4 rings (SSSR count). The number of rotatable bonds is 5. The number of aromatic nitrogens is 2. The number of carbonyl (C=O) groups is 1. The molecule has 142 valence electrons. The third kappa shape index (κ3) is 3.87. The van der Waals surface area contributed by atoms with E-state index in [9.17, 15) is 4.79 Å². The minimum atomic E-state index is -0.215. The summed E-state index contributed by atoms with van der Waals surface area (Å²) in [6.07, 6.45) is 1.48. The number of ether oxygens (including phenoxy) is 1. The van der Waals surface area contributed by atoms with Gasteiger partial charge in [-0.05, 0) is 37.1 Å². The Kier molecular flexibility index (Phi) is 5.20. The quantitative estimate of drug-likeness (QED) is 0.671. The van der Waals surface area contributed by atoms with Crippen LogP contribution in [0, 0.1) is 13.8 Å². The van der Waals surface area contributed by atoms with Crippen LogP contribution < -0.4 is 4.90 Å². The number of aryl methyl sites for hydroxylation is 2. The molecule has 0 N–H and O–H groups in total. The Bertz CT molecular complexity index is 893. The Balaban J connectivity index is 1.63. The number of thiazole rings is 1. The first kappa shape index (κ1) is 18.1. The van der Waals surface area contributed by atoms with Gasteiger partial charge in [0.1, 0.15) is 0 Å². The van der Waals surface area contributed by atoms with Gasteiger partial charge < -0.3 is 9.26 Å². The molecule has 0 aliphatic carbocycles. The van der Waals surface area contributed by atoms with E-state index < -0.39 is 0 Å². The summed E-state index contributed by atoms with van der Waals surface area (Å²) < 4.78 is 11.6. The van der Waals surface area contributed by atoms with Crippen LogP contribution in [0.3, 0.4) is 0 Å². The molecule has 1 saturated heterocycles. The summed E-state index contributed by atoms with van der Waals surface area (Å²) in [5.41, 5.74) is 3.33. The Morgan fingerprint density at radius 2 is 2.04 bits per heavy atom. The van der Waals surface area contributed by atoms with E-state index in [4.69, 9.17) is 14.2 Å². The molecule has 3 heterocycles. The number of anilines is 1. The predicted octanol–water partition coefficient (Wildman–Crippen LogP) is 2.88. The zero-order valence-electron chi connectivity index (χ0n) is 15.5. The molecule has 0 radical (unpaired) electrons. The second-order valence-electron chi connectivity index (χ2n) is 6.69. The van der Waals surface area contributed by atoms with E-state index in [1.807, 2.05) is 0 Å². The van der Waals surface area contributed by atoms with Gasteiger partial charge in [0.2, 0.25) is 5.76 Å². The molecule has 1 aromatic carbocycles. The highest BCUT2D eigenvalue weighted by atomic mass is 32.1. The van der Waals surface area contributed by atoms with E-state index in [2.05, 4.69) is 36.0 Å². The van der Waals surface area contributed by atoms with Gasteiger partial charge in [-0.3, -0.25) is 14.6 Å². The predicted molar refractivity (Wildman–Crippen MR) is 105 cm³/mol. The summed E-state index contributed by atoms with van der Waals surface area (Å²) in [4.78, 5) is 21.7. The number of hydrogen-bond acceptors (Lipinski definition) is 7. The Hall–Kier alpha value is -2.29. The lowest BCUT2D eigenvalue weighted by Gasteiger charge is -2.28. The second-order valence-corrected chi connectivity index (χ2v) is 7.70. The van der Waals surface area contributed by atoms with Crippen molar-refractivity contribution in [2.24, 2.45) is 0 Å². The molecule has 1 amide bonds. The zero-order valence-corrected chi connectivity index (χ0v) is 16.3. The lowest BCUT2D eigenvalue weighted by molar-refractivity contribution is 0.0390. The summed E-state index contributed by atoms with van der Waals surface area (Å²) in [6.45, 7) is 8.68. The van der Waals surface area contributed by atoms with Gasteiger partial charge in [0, 0.05) is 32.2 Å². The standard InChI is InChI=1S/C19H22N4O3S/c1-13-11-15-17(12-14(13)2)27-19(21-15)23(18(24)16-3-4-20-26-16)6-5-22-7-9-25-10-8-22/h3-4,11-12H,5-10H2,1-2H3. The fourth-order valence-corrected chi connectivity index (χ4v) is 4.16. The number of fused-ring (bicyclic) bond motifs is 1. The molecular formula is C19H22N4O3S. The lowest BCUT2D eigenvalue weighted by Crippen LogP contribution is -2.43. The van der Waals surface area contributed by atoms with E-state index >= 15 is 0 Å². The maximum atomic E-state index is 13.0. The Labute approximate surface area is 161 Å². The van der Waals surface area contributed by atoms with E-state index in [0.717, 1.165) is 43.1 Å². The van der Waals surface area contributed by atoms with E-state index in [1.165, 1.54) is 28.7 Å². The summed E-state index contributed by atoms with van der Waals surface area (Å²) in [5, 5.41) is 4.35. The monoisotopic (exact) mass is 386 g/mol. The number of hydrogen-bond donors (Lipinski definition) is 0. The minimum absolute atomic E-state index is 0.215. The van der Waals surface area contributed by atoms with E-state index in [0.29, 0.717) is 11.7 Å². The van der Waals surface area contributed by atoms with Crippen molar-refractivity contribution in [1.82, 2.24) is 15.0 Å². The van der Waals surface area contributed by atoms with Gasteiger partial charge in [-0.2, -0.15) is 0 Å². The normalized spacial score (nSPS) is 15.3. The Morgan fingerprint density at radius 1 is 1.26 bits per heavy atom. The van der Waals surface area contributed by atoms with Gasteiger partial charge >= 0.3 is 0 Å². The van der Waals surface area contributed by atoms with Crippen molar-refractivity contribution in [3.05, 3.63) is 41.3 Å². The molecule has 1 aliphatic rings. The van der Waals surface area contributed by atoms with Crippen molar-refractivity contribution in [1.29, 1.82) is 0 Å². The number of benzene rings is 1. The van der Waals surface area contributed by atoms with Crippen LogP contribution >= 0.6 is 11.3 Å². The minimum Gasteiger partial charge on any atom is -0.379 e. The van der Waals surface area contributed by atoms with Crippen LogP contribution in [0.5, 0.6) is 0 Å². The third-order valence-electron chi connectivity index (χ3n) is 4.86. The summed E-state index contributed by atoms with van der Waals surface area (Å²) in [6, 6.07) is 5.79. The van der Waals surface area contributed by atoms with E-state index in [-0.39, 0.29) is 11.7 Å². The van der Waals surface area contributed by atoms with Crippen LogP contribution in [0.1, 0.15) is 21.7 Å². The molecule has 1 aliphatic heterocycles. The average molecular weight is 386 g/mol. The first-order chi connectivity index (χ1) is 13.1. The molecule has 27 heavy (non-hydrogen) atoms. The molecule has 0 spiro atoms. The number of morpholine rings is 1. The fourth-order valence-electron chi connectivity index (χ4n) is 3.09. The van der Waals surface area contributed by atoms with Crippen molar-refractivity contribution in [2.75, 3.05) is 44.3 Å². The molecule has 0 saturated carbocycles. The number of nitrogens with zero attached hydrogens (tertiary/aromatic N) is 4. The van der Waals surface area contributed by atoms with Gasteiger partial charge in [-0.15, -0.1) is 0 Å². The van der Waals surface area contributed by atoms with Crippen molar-refractivity contribution < 1.29 is 14.1 Å².